The number of hydrogen-bond donors (Lipinski definition) is 3. The third-order valence-electron chi connectivity index (χ3n) is 1.06. The first-order valence-corrected chi connectivity index (χ1v) is 3.19. The molecule has 0 saturated carbocycles. The highest BCUT2D eigenvalue weighted by molar-refractivity contribution is 6.20. The predicted molar refractivity (Wildman–Crippen MR) is 35.6 cm³/mol. The third kappa shape index (κ3) is 2.73. The van der Waals surface area contributed by atoms with Gasteiger partial charge in [0.15, 0.2) is 5.60 Å². The number of alkyl halides is 1. The van der Waals surface area contributed by atoms with E-state index in [0.717, 1.165) is 0 Å². The maximum atomic E-state index is 10.2. The highest BCUT2D eigenvalue weighted by Crippen LogP contribution is 2.12. The van der Waals surface area contributed by atoms with E-state index in [-0.39, 0.29) is 0 Å². The molecule has 1 unspecified atom stereocenters. The molecule has 0 aliphatic carbocycles. The van der Waals surface area contributed by atoms with Crippen molar-refractivity contribution in [1.82, 2.24) is 0 Å². The van der Waals surface area contributed by atoms with E-state index in [2.05, 4.69) is 0 Å². The van der Waals surface area contributed by atoms with Crippen LogP contribution in [0.5, 0.6) is 0 Å². The summed E-state index contributed by atoms with van der Waals surface area (Å²) >= 11 is 5.05. The molecular weight excluding hydrogens is 176 g/mol. The van der Waals surface area contributed by atoms with E-state index in [4.69, 9.17) is 26.9 Å². The molecule has 0 aromatic rings. The van der Waals surface area contributed by atoms with Gasteiger partial charge in [-0.05, 0) is 0 Å². The maximum Gasteiger partial charge on any atom is 0.337 e. The van der Waals surface area contributed by atoms with Gasteiger partial charge in [-0.15, -0.1) is 11.6 Å². The summed E-state index contributed by atoms with van der Waals surface area (Å²) in [6.45, 7) is 0. The maximum absolute atomic E-state index is 10.2. The number of carboxylic acid groups (broad SMARTS) is 2. The lowest BCUT2D eigenvalue weighted by Crippen LogP contribution is -2.42. The smallest absolute Gasteiger partial charge is 0.337 e. The molecule has 0 saturated heterocycles. The molecule has 1 atom stereocenters. The molecule has 0 aliphatic rings. The number of halogens is 1. The van der Waals surface area contributed by atoms with Gasteiger partial charge in [0.05, 0.1) is 12.3 Å². The Morgan fingerprint density at radius 3 is 1.91 bits per heavy atom. The van der Waals surface area contributed by atoms with Crippen LogP contribution in [0.1, 0.15) is 6.42 Å². The van der Waals surface area contributed by atoms with E-state index in [1.165, 1.54) is 0 Å². The molecule has 11 heavy (non-hydrogen) atoms. The number of carboxylic acids is 2. The summed E-state index contributed by atoms with van der Waals surface area (Å²) in [7, 11) is 0. The van der Waals surface area contributed by atoms with Crippen molar-refractivity contribution in [3.63, 3.8) is 0 Å². The molecule has 0 fully saturated rings. The van der Waals surface area contributed by atoms with E-state index < -0.39 is 29.8 Å². The second kappa shape index (κ2) is 3.54. The van der Waals surface area contributed by atoms with Crippen LogP contribution < -0.4 is 0 Å². The zero-order valence-electron chi connectivity index (χ0n) is 5.45. The third-order valence-corrected chi connectivity index (χ3v) is 1.50. The number of aliphatic hydroxyl groups is 1. The van der Waals surface area contributed by atoms with Gasteiger partial charge in [0.2, 0.25) is 0 Å². The van der Waals surface area contributed by atoms with Gasteiger partial charge in [-0.1, -0.05) is 0 Å². The predicted octanol–water partition coefficient (Wildman–Crippen LogP) is -0.484. The lowest BCUT2D eigenvalue weighted by atomic mass is 10.0. The van der Waals surface area contributed by atoms with Crippen LogP contribution in [0.4, 0.5) is 0 Å². The van der Waals surface area contributed by atoms with E-state index in [9.17, 15) is 9.59 Å². The van der Waals surface area contributed by atoms with Crippen molar-refractivity contribution in [2.75, 3.05) is 5.88 Å². The fourth-order valence-electron chi connectivity index (χ4n) is 0.430. The lowest BCUT2D eigenvalue weighted by Gasteiger charge is -2.16. The Hall–Kier alpha value is -0.810. The van der Waals surface area contributed by atoms with Crippen molar-refractivity contribution in [3.05, 3.63) is 0 Å². The van der Waals surface area contributed by atoms with Crippen molar-refractivity contribution in [2.45, 2.75) is 12.0 Å². The quantitative estimate of drug-likeness (QED) is 0.511. The van der Waals surface area contributed by atoms with Gasteiger partial charge in [-0.25, -0.2) is 4.79 Å². The minimum atomic E-state index is -2.35. The molecule has 5 nitrogen and oxygen atoms in total. The molecule has 0 aliphatic heterocycles. The number of hydrogen-bond acceptors (Lipinski definition) is 3. The van der Waals surface area contributed by atoms with Crippen LogP contribution in [0, 0.1) is 0 Å². The number of carbonyl (C=O) groups is 2. The van der Waals surface area contributed by atoms with Crippen LogP contribution in [0.3, 0.4) is 0 Å². The van der Waals surface area contributed by atoms with E-state index in [0.29, 0.717) is 0 Å². The largest absolute Gasteiger partial charge is 0.481 e. The summed E-state index contributed by atoms with van der Waals surface area (Å²) in [5.74, 6) is -3.68. The first-order valence-electron chi connectivity index (χ1n) is 2.66. The molecular formula is C5H7ClO5. The first-order chi connectivity index (χ1) is 4.92. The molecule has 64 valence electrons. The van der Waals surface area contributed by atoms with Gasteiger partial charge in [0.25, 0.3) is 0 Å². The lowest BCUT2D eigenvalue weighted by molar-refractivity contribution is -0.162. The van der Waals surface area contributed by atoms with Crippen LogP contribution in [0.25, 0.3) is 0 Å². The Kier molecular flexibility index (Phi) is 3.28. The van der Waals surface area contributed by atoms with Crippen LogP contribution in [-0.2, 0) is 9.59 Å². The van der Waals surface area contributed by atoms with E-state index >= 15 is 0 Å². The molecule has 0 spiro atoms. The molecule has 0 radical (unpaired) electrons. The van der Waals surface area contributed by atoms with E-state index in [1.807, 2.05) is 0 Å². The Bertz CT molecular complexity index is 180. The van der Waals surface area contributed by atoms with Crippen molar-refractivity contribution in [2.24, 2.45) is 0 Å². The van der Waals surface area contributed by atoms with Crippen molar-refractivity contribution in [3.8, 4) is 0 Å². The summed E-state index contributed by atoms with van der Waals surface area (Å²) in [6, 6.07) is 0. The van der Waals surface area contributed by atoms with Gasteiger partial charge in [0, 0.05) is 0 Å². The Balaban J connectivity index is 4.34. The highest BCUT2D eigenvalue weighted by Gasteiger charge is 2.37. The minimum absolute atomic E-state index is 0.644. The van der Waals surface area contributed by atoms with Crippen molar-refractivity contribution in [1.29, 1.82) is 0 Å². The molecule has 3 N–H and O–H groups in total. The van der Waals surface area contributed by atoms with Crippen LogP contribution in [0.15, 0.2) is 0 Å². The average molecular weight is 183 g/mol. The molecule has 0 rings (SSSR count). The normalized spacial score (nSPS) is 15.5. The number of aliphatic carboxylic acids is 2. The fraction of sp³-hybridized carbons (Fsp3) is 0.600. The zero-order valence-corrected chi connectivity index (χ0v) is 6.21. The first kappa shape index (κ1) is 10.2. The molecule has 0 bridgehead atoms. The standard InChI is InChI=1S/C5H7ClO5/c6-2-5(11,4(9)10)1-3(7)8/h11H,1-2H2,(H,7,8)(H,9,10). The van der Waals surface area contributed by atoms with Crippen molar-refractivity contribution < 1.29 is 24.9 Å². The summed E-state index contributed by atoms with van der Waals surface area (Å²) in [5, 5.41) is 25.4. The van der Waals surface area contributed by atoms with Gasteiger partial charge in [0.1, 0.15) is 0 Å². The van der Waals surface area contributed by atoms with Gasteiger partial charge < -0.3 is 15.3 Å². The monoisotopic (exact) mass is 182 g/mol. The highest BCUT2D eigenvalue weighted by atomic mass is 35.5. The van der Waals surface area contributed by atoms with E-state index in [1.54, 1.807) is 0 Å². The Labute approximate surface area is 67.2 Å². The van der Waals surface area contributed by atoms with Gasteiger partial charge in [-0.3, -0.25) is 4.79 Å². The molecule has 6 heteroatoms. The second-order valence-electron chi connectivity index (χ2n) is 2.04. The summed E-state index contributed by atoms with van der Waals surface area (Å²) in [6.07, 6.45) is -0.897. The zero-order chi connectivity index (χ0) is 9.07. The van der Waals surface area contributed by atoms with Gasteiger partial charge in [-0.2, -0.15) is 0 Å². The number of rotatable bonds is 4. The molecule has 0 heterocycles. The molecule has 0 aromatic heterocycles. The topological polar surface area (TPSA) is 94.8 Å². The summed E-state index contributed by atoms with van der Waals surface area (Å²) in [5.41, 5.74) is -2.35. The minimum Gasteiger partial charge on any atom is -0.481 e. The van der Waals surface area contributed by atoms with Crippen LogP contribution >= 0.6 is 11.6 Å². The van der Waals surface area contributed by atoms with Crippen LogP contribution in [-0.4, -0.2) is 38.7 Å². The van der Waals surface area contributed by atoms with Crippen LogP contribution in [0.2, 0.25) is 0 Å². The Morgan fingerprint density at radius 1 is 1.36 bits per heavy atom. The SMILES string of the molecule is O=C(O)CC(O)(CCl)C(=O)O. The Morgan fingerprint density at radius 2 is 1.82 bits per heavy atom. The molecule has 0 amide bonds. The second-order valence-corrected chi connectivity index (χ2v) is 2.31. The van der Waals surface area contributed by atoms with Crippen molar-refractivity contribution >= 4 is 23.5 Å². The summed E-state index contributed by atoms with van der Waals surface area (Å²) in [4.78, 5) is 20.2. The average Bonchev–Trinajstić information content (AvgIpc) is 1.86. The molecule has 0 aromatic carbocycles. The summed E-state index contributed by atoms with van der Waals surface area (Å²) < 4.78 is 0. The van der Waals surface area contributed by atoms with Gasteiger partial charge >= 0.3 is 11.9 Å². The fourth-order valence-corrected chi connectivity index (χ4v) is 0.639.